The number of pyridine rings is 1. The van der Waals surface area contributed by atoms with E-state index in [9.17, 15) is 4.79 Å². The van der Waals surface area contributed by atoms with Crippen molar-refractivity contribution in [1.82, 2.24) is 10.3 Å². The molecule has 0 aliphatic carbocycles. The number of rotatable bonds is 5. The molecule has 0 saturated heterocycles. The predicted octanol–water partition coefficient (Wildman–Crippen LogP) is 3.39. The third-order valence-electron chi connectivity index (χ3n) is 3.81. The van der Waals surface area contributed by atoms with E-state index in [0.29, 0.717) is 18.7 Å². The topological polar surface area (TPSA) is 60.5 Å². The molecule has 2 aromatic rings. The second-order valence-electron chi connectivity index (χ2n) is 5.68. The summed E-state index contributed by atoms with van der Waals surface area (Å²) in [5.41, 5.74) is 2.50. The zero-order valence-corrected chi connectivity index (χ0v) is 14.4. The number of carbonyl (C=O) groups is 1. The summed E-state index contributed by atoms with van der Waals surface area (Å²) in [4.78, 5) is 16.1. The van der Waals surface area contributed by atoms with Gasteiger partial charge in [0.1, 0.15) is 22.8 Å². The van der Waals surface area contributed by atoms with Gasteiger partial charge >= 0.3 is 0 Å². The second-order valence-corrected chi connectivity index (χ2v) is 6.07. The van der Waals surface area contributed by atoms with Crippen LogP contribution in [0.25, 0.3) is 0 Å². The molecule has 0 radical (unpaired) electrons. The molecular formula is C18H19ClN2O3. The van der Waals surface area contributed by atoms with E-state index in [-0.39, 0.29) is 17.2 Å². The fourth-order valence-corrected chi connectivity index (χ4v) is 2.90. The normalized spacial score (nSPS) is 15.5. The van der Waals surface area contributed by atoms with Crippen LogP contribution in [-0.2, 0) is 13.0 Å². The van der Waals surface area contributed by atoms with Crippen LogP contribution >= 0.6 is 11.6 Å². The molecule has 5 nitrogen and oxygen atoms in total. The van der Waals surface area contributed by atoms with E-state index in [4.69, 9.17) is 21.1 Å². The first-order valence-electron chi connectivity index (χ1n) is 7.91. The Balaban J connectivity index is 1.77. The van der Waals surface area contributed by atoms with E-state index in [1.54, 1.807) is 6.07 Å². The number of carbonyl (C=O) groups excluding carboxylic acids is 1. The molecule has 126 valence electrons. The van der Waals surface area contributed by atoms with E-state index >= 15 is 0 Å². The minimum atomic E-state index is -0.212. The van der Waals surface area contributed by atoms with E-state index in [1.165, 1.54) is 12.3 Å². The minimum absolute atomic E-state index is 0.165. The highest BCUT2D eigenvalue weighted by Crippen LogP contribution is 2.35. The summed E-state index contributed by atoms with van der Waals surface area (Å²) in [6.07, 6.45) is 2.55. The number of halogens is 1. The van der Waals surface area contributed by atoms with Gasteiger partial charge in [0, 0.05) is 35.9 Å². The van der Waals surface area contributed by atoms with Crippen molar-refractivity contribution in [1.29, 1.82) is 0 Å². The van der Waals surface area contributed by atoms with Crippen LogP contribution in [0.15, 0.2) is 30.5 Å². The predicted molar refractivity (Wildman–Crippen MR) is 91.8 cm³/mol. The highest BCUT2D eigenvalue weighted by molar-refractivity contribution is 6.29. The zero-order valence-electron chi connectivity index (χ0n) is 13.6. The van der Waals surface area contributed by atoms with Gasteiger partial charge in [-0.1, -0.05) is 11.6 Å². The largest absolute Gasteiger partial charge is 0.494 e. The Hall–Kier alpha value is -2.27. The van der Waals surface area contributed by atoms with Crippen molar-refractivity contribution in [2.45, 2.75) is 32.9 Å². The van der Waals surface area contributed by atoms with Crippen LogP contribution < -0.4 is 14.8 Å². The summed E-state index contributed by atoms with van der Waals surface area (Å²) >= 11 is 5.82. The van der Waals surface area contributed by atoms with Gasteiger partial charge in [0.15, 0.2) is 0 Å². The summed E-state index contributed by atoms with van der Waals surface area (Å²) < 4.78 is 11.5. The zero-order chi connectivity index (χ0) is 17.1. The Bertz CT molecular complexity index is 764. The van der Waals surface area contributed by atoms with Crippen molar-refractivity contribution in [3.05, 3.63) is 52.3 Å². The van der Waals surface area contributed by atoms with Crippen molar-refractivity contribution >= 4 is 17.5 Å². The number of nitrogens with one attached hydrogen (secondary N) is 1. The number of hydrogen-bond acceptors (Lipinski definition) is 4. The molecule has 1 aliphatic rings. The van der Waals surface area contributed by atoms with Crippen LogP contribution in [0.4, 0.5) is 0 Å². The highest BCUT2D eigenvalue weighted by atomic mass is 35.5. The molecule has 0 saturated carbocycles. The maximum Gasteiger partial charge on any atom is 0.251 e. The lowest BCUT2D eigenvalue weighted by Gasteiger charge is -2.13. The number of nitrogens with zero attached hydrogens (tertiary/aromatic N) is 1. The smallest absolute Gasteiger partial charge is 0.251 e. The van der Waals surface area contributed by atoms with Crippen molar-refractivity contribution in [3.8, 4) is 11.5 Å². The molecular weight excluding hydrogens is 328 g/mol. The number of aromatic nitrogens is 1. The Morgan fingerprint density at radius 3 is 3.04 bits per heavy atom. The van der Waals surface area contributed by atoms with Gasteiger partial charge in [-0.25, -0.2) is 4.98 Å². The molecule has 24 heavy (non-hydrogen) atoms. The summed E-state index contributed by atoms with van der Waals surface area (Å²) in [5.74, 6) is 1.43. The molecule has 0 fully saturated rings. The monoisotopic (exact) mass is 346 g/mol. The van der Waals surface area contributed by atoms with E-state index in [1.807, 2.05) is 26.0 Å². The second kappa shape index (κ2) is 7.09. The molecule has 1 aromatic heterocycles. The van der Waals surface area contributed by atoms with Gasteiger partial charge in [-0.3, -0.25) is 4.79 Å². The summed E-state index contributed by atoms with van der Waals surface area (Å²) in [6, 6.07) is 7.11. The molecule has 6 heteroatoms. The summed E-state index contributed by atoms with van der Waals surface area (Å²) in [5, 5.41) is 3.17. The maximum atomic E-state index is 12.3. The average molecular weight is 347 g/mol. The fourth-order valence-electron chi connectivity index (χ4n) is 2.73. The molecule has 1 aromatic carbocycles. The average Bonchev–Trinajstić information content (AvgIpc) is 2.91. The highest BCUT2D eigenvalue weighted by Gasteiger charge is 2.22. The van der Waals surface area contributed by atoms with Crippen LogP contribution in [0.3, 0.4) is 0 Å². The number of ether oxygens (including phenoxy) is 2. The van der Waals surface area contributed by atoms with Gasteiger partial charge in [-0.05, 0) is 38.1 Å². The van der Waals surface area contributed by atoms with Crippen LogP contribution in [0, 0.1) is 0 Å². The Labute approximate surface area is 145 Å². The van der Waals surface area contributed by atoms with Gasteiger partial charge in [-0.2, -0.15) is 0 Å². The molecule has 1 aliphatic heterocycles. The van der Waals surface area contributed by atoms with Crippen molar-refractivity contribution in [3.63, 3.8) is 0 Å². The fraction of sp³-hybridized carbons (Fsp3) is 0.333. The third kappa shape index (κ3) is 3.62. The van der Waals surface area contributed by atoms with Gasteiger partial charge in [0.2, 0.25) is 0 Å². The Kier molecular flexibility index (Phi) is 4.90. The first-order valence-corrected chi connectivity index (χ1v) is 8.29. The van der Waals surface area contributed by atoms with Gasteiger partial charge in [0.05, 0.1) is 6.61 Å². The summed E-state index contributed by atoms with van der Waals surface area (Å²) in [6.45, 7) is 4.89. The number of hydrogen-bond donors (Lipinski definition) is 1. The number of amides is 1. The van der Waals surface area contributed by atoms with Crippen LogP contribution in [0.1, 0.15) is 35.3 Å². The molecule has 1 unspecified atom stereocenters. The van der Waals surface area contributed by atoms with Crippen LogP contribution in [0.5, 0.6) is 11.5 Å². The first kappa shape index (κ1) is 16.6. The standard InChI is InChI=1S/C18H19ClN2O3/c1-3-23-15-7-13-6-11(2)24-16(13)8-14(15)10-21-18(22)12-4-5-20-17(19)9-12/h4-5,7-9,11H,3,6,10H2,1-2H3,(H,21,22). The van der Waals surface area contributed by atoms with Crippen molar-refractivity contribution in [2.24, 2.45) is 0 Å². The molecule has 1 amide bonds. The molecule has 1 atom stereocenters. The SMILES string of the molecule is CCOc1cc2c(cc1CNC(=O)c1ccnc(Cl)c1)OC(C)C2. The van der Waals surface area contributed by atoms with Crippen molar-refractivity contribution in [2.75, 3.05) is 6.61 Å². The maximum absolute atomic E-state index is 12.3. The van der Waals surface area contributed by atoms with Gasteiger partial charge < -0.3 is 14.8 Å². The Morgan fingerprint density at radius 2 is 2.29 bits per heavy atom. The Morgan fingerprint density at radius 1 is 1.46 bits per heavy atom. The number of fused-ring (bicyclic) bond motifs is 1. The first-order chi connectivity index (χ1) is 11.6. The van der Waals surface area contributed by atoms with Crippen LogP contribution in [0.2, 0.25) is 5.15 Å². The number of benzene rings is 1. The van der Waals surface area contributed by atoms with Gasteiger partial charge in [0.25, 0.3) is 5.91 Å². The lowest BCUT2D eigenvalue weighted by Crippen LogP contribution is -2.23. The van der Waals surface area contributed by atoms with Gasteiger partial charge in [-0.15, -0.1) is 0 Å². The van der Waals surface area contributed by atoms with E-state index in [0.717, 1.165) is 29.0 Å². The van der Waals surface area contributed by atoms with E-state index < -0.39 is 0 Å². The van der Waals surface area contributed by atoms with Crippen LogP contribution in [-0.4, -0.2) is 23.6 Å². The minimum Gasteiger partial charge on any atom is -0.494 e. The molecule has 2 heterocycles. The lowest BCUT2D eigenvalue weighted by molar-refractivity contribution is 0.0950. The molecule has 0 bridgehead atoms. The molecule has 3 rings (SSSR count). The van der Waals surface area contributed by atoms with E-state index in [2.05, 4.69) is 10.3 Å². The molecule has 1 N–H and O–H groups in total. The lowest BCUT2D eigenvalue weighted by atomic mass is 10.1. The summed E-state index contributed by atoms with van der Waals surface area (Å²) in [7, 11) is 0. The quantitative estimate of drug-likeness (QED) is 0.843. The molecule has 0 spiro atoms. The van der Waals surface area contributed by atoms with Crippen molar-refractivity contribution < 1.29 is 14.3 Å². The third-order valence-corrected chi connectivity index (χ3v) is 4.01.